The van der Waals surface area contributed by atoms with Gasteiger partial charge in [-0.05, 0) is 36.0 Å². The molecule has 1 heterocycles. The molecule has 2 aromatic rings. The Labute approximate surface area is 100 Å². The average Bonchev–Trinajstić information content (AvgIpc) is 2.64. The molecule has 0 radical (unpaired) electrons. The lowest BCUT2D eigenvalue weighted by molar-refractivity contribution is -0.380. The molecule has 88 valence electrons. The van der Waals surface area contributed by atoms with Crippen LogP contribution in [0, 0.1) is 17.0 Å². The predicted molar refractivity (Wildman–Crippen MR) is 61.7 cm³/mol. The standard InChI is InChI=1S/C10H8N2O4S/c1-6-2-7(13)4-8(3-6)16-10-11-5-9(17-10)12(14)15/h2-5,13H,1H3. The Balaban J connectivity index is 2.22. The Morgan fingerprint density at radius 1 is 1.47 bits per heavy atom. The van der Waals surface area contributed by atoms with Crippen molar-refractivity contribution in [1.29, 1.82) is 0 Å². The van der Waals surface area contributed by atoms with Crippen LogP contribution in [0.1, 0.15) is 5.56 Å². The number of rotatable bonds is 3. The van der Waals surface area contributed by atoms with Crippen LogP contribution in [0.15, 0.2) is 24.4 Å². The largest absolute Gasteiger partial charge is 0.508 e. The highest BCUT2D eigenvalue weighted by Gasteiger charge is 2.13. The lowest BCUT2D eigenvalue weighted by Crippen LogP contribution is -1.83. The summed E-state index contributed by atoms with van der Waals surface area (Å²) >= 11 is 0.833. The minimum atomic E-state index is -0.530. The molecule has 7 heteroatoms. The molecule has 0 fully saturated rings. The summed E-state index contributed by atoms with van der Waals surface area (Å²) in [5, 5.41) is 19.9. The summed E-state index contributed by atoms with van der Waals surface area (Å²) in [5.74, 6) is 0.470. The summed E-state index contributed by atoms with van der Waals surface area (Å²) < 4.78 is 5.31. The fraction of sp³-hybridized carbons (Fsp3) is 0.100. The van der Waals surface area contributed by atoms with Crippen LogP contribution in [0.4, 0.5) is 5.00 Å². The van der Waals surface area contributed by atoms with E-state index in [1.54, 1.807) is 19.1 Å². The van der Waals surface area contributed by atoms with E-state index in [4.69, 9.17) is 4.74 Å². The Morgan fingerprint density at radius 2 is 2.24 bits per heavy atom. The highest BCUT2D eigenvalue weighted by Crippen LogP contribution is 2.32. The van der Waals surface area contributed by atoms with Crippen LogP contribution in [-0.2, 0) is 0 Å². The van der Waals surface area contributed by atoms with Gasteiger partial charge in [0.15, 0.2) is 0 Å². The van der Waals surface area contributed by atoms with E-state index in [1.807, 2.05) is 0 Å². The summed E-state index contributed by atoms with van der Waals surface area (Å²) in [6, 6.07) is 4.70. The quantitative estimate of drug-likeness (QED) is 0.670. The molecule has 1 aromatic heterocycles. The fourth-order valence-electron chi connectivity index (χ4n) is 1.27. The van der Waals surface area contributed by atoms with Gasteiger partial charge in [-0.2, -0.15) is 0 Å². The van der Waals surface area contributed by atoms with Gasteiger partial charge in [-0.3, -0.25) is 10.1 Å². The van der Waals surface area contributed by atoms with E-state index in [9.17, 15) is 15.2 Å². The van der Waals surface area contributed by atoms with Crippen molar-refractivity contribution in [2.75, 3.05) is 0 Å². The molecule has 17 heavy (non-hydrogen) atoms. The van der Waals surface area contributed by atoms with Crippen LogP contribution >= 0.6 is 11.3 Å². The number of benzene rings is 1. The Bertz CT molecular complexity index is 547. The maximum absolute atomic E-state index is 10.5. The number of ether oxygens (including phenoxy) is 1. The van der Waals surface area contributed by atoms with Gasteiger partial charge >= 0.3 is 5.00 Å². The van der Waals surface area contributed by atoms with Crippen LogP contribution in [0.5, 0.6) is 16.7 Å². The van der Waals surface area contributed by atoms with Crippen LogP contribution in [0.25, 0.3) is 0 Å². The number of phenols is 1. The number of thiazole rings is 1. The molecule has 0 spiro atoms. The molecule has 0 saturated carbocycles. The smallest absolute Gasteiger partial charge is 0.347 e. The van der Waals surface area contributed by atoms with Crippen molar-refractivity contribution in [1.82, 2.24) is 4.98 Å². The Morgan fingerprint density at radius 3 is 2.82 bits per heavy atom. The first kappa shape index (κ1) is 11.3. The highest BCUT2D eigenvalue weighted by atomic mass is 32.1. The van der Waals surface area contributed by atoms with Crippen molar-refractivity contribution in [3.63, 3.8) is 0 Å². The predicted octanol–water partition coefficient (Wildman–Crippen LogP) is 2.86. The Hall–Kier alpha value is -2.15. The van der Waals surface area contributed by atoms with E-state index >= 15 is 0 Å². The van der Waals surface area contributed by atoms with Crippen LogP contribution in [-0.4, -0.2) is 15.0 Å². The molecule has 0 amide bonds. The maximum atomic E-state index is 10.5. The van der Waals surface area contributed by atoms with Gasteiger partial charge in [0, 0.05) is 6.07 Å². The van der Waals surface area contributed by atoms with Crippen molar-refractivity contribution in [3.8, 4) is 16.7 Å². The summed E-state index contributed by atoms with van der Waals surface area (Å²) in [6.07, 6.45) is 1.13. The number of nitrogens with zero attached hydrogens (tertiary/aromatic N) is 2. The van der Waals surface area contributed by atoms with E-state index in [1.165, 1.54) is 6.07 Å². The number of hydrogen-bond donors (Lipinski definition) is 1. The monoisotopic (exact) mass is 252 g/mol. The lowest BCUT2D eigenvalue weighted by atomic mass is 10.2. The maximum Gasteiger partial charge on any atom is 0.347 e. The number of aromatic hydroxyl groups is 1. The molecule has 0 bridgehead atoms. The molecule has 0 aliphatic heterocycles. The zero-order chi connectivity index (χ0) is 12.4. The number of aromatic nitrogens is 1. The first-order valence-corrected chi connectivity index (χ1v) is 5.45. The van der Waals surface area contributed by atoms with Gasteiger partial charge in [0.1, 0.15) is 17.7 Å². The molecule has 1 aromatic carbocycles. The molecule has 0 atom stereocenters. The zero-order valence-electron chi connectivity index (χ0n) is 8.78. The van der Waals surface area contributed by atoms with E-state index in [2.05, 4.69) is 4.98 Å². The number of hydrogen-bond acceptors (Lipinski definition) is 6. The molecule has 1 N–H and O–H groups in total. The van der Waals surface area contributed by atoms with E-state index in [0.717, 1.165) is 23.1 Å². The molecule has 0 aliphatic carbocycles. The van der Waals surface area contributed by atoms with E-state index < -0.39 is 4.92 Å². The second-order valence-corrected chi connectivity index (χ2v) is 4.30. The Kier molecular flexibility index (Phi) is 2.92. The van der Waals surface area contributed by atoms with Gasteiger partial charge in [0.25, 0.3) is 5.19 Å². The first-order chi connectivity index (χ1) is 8.04. The minimum Gasteiger partial charge on any atom is -0.508 e. The molecule has 0 aliphatic rings. The third kappa shape index (κ3) is 2.70. The summed E-state index contributed by atoms with van der Waals surface area (Å²) in [6.45, 7) is 1.80. The van der Waals surface area contributed by atoms with Crippen LogP contribution in [0.3, 0.4) is 0 Å². The number of nitro groups is 1. The fourth-order valence-corrected chi connectivity index (χ4v) is 1.87. The number of phenolic OH excluding ortho intramolecular Hbond substituents is 1. The van der Waals surface area contributed by atoms with Gasteiger partial charge in [-0.15, -0.1) is 0 Å². The molecule has 0 unspecified atom stereocenters. The zero-order valence-corrected chi connectivity index (χ0v) is 9.60. The minimum absolute atomic E-state index is 0.0751. The second-order valence-electron chi connectivity index (χ2n) is 3.33. The van der Waals surface area contributed by atoms with Crippen molar-refractivity contribution in [2.24, 2.45) is 0 Å². The highest BCUT2D eigenvalue weighted by molar-refractivity contribution is 7.16. The third-order valence-electron chi connectivity index (χ3n) is 1.89. The van der Waals surface area contributed by atoms with Crippen molar-refractivity contribution < 1.29 is 14.8 Å². The summed E-state index contributed by atoms with van der Waals surface area (Å²) in [4.78, 5) is 13.7. The topological polar surface area (TPSA) is 85.5 Å². The average molecular weight is 252 g/mol. The SMILES string of the molecule is Cc1cc(O)cc(Oc2ncc([N+](=O)[O-])s2)c1. The molecular weight excluding hydrogens is 244 g/mol. The van der Waals surface area contributed by atoms with Crippen LogP contribution < -0.4 is 4.74 Å². The van der Waals surface area contributed by atoms with Gasteiger partial charge in [0.2, 0.25) is 0 Å². The first-order valence-electron chi connectivity index (χ1n) is 4.63. The molecule has 0 saturated heterocycles. The molecular formula is C10H8N2O4S. The van der Waals surface area contributed by atoms with Crippen molar-refractivity contribution >= 4 is 16.3 Å². The number of aryl methyl sites for hydroxylation is 1. The van der Waals surface area contributed by atoms with Gasteiger partial charge in [-0.25, -0.2) is 4.98 Å². The summed E-state index contributed by atoms with van der Waals surface area (Å²) in [7, 11) is 0. The third-order valence-corrected chi connectivity index (χ3v) is 2.72. The summed E-state index contributed by atoms with van der Waals surface area (Å²) in [5.41, 5.74) is 0.825. The molecule has 2 rings (SSSR count). The van der Waals surface area contributed by atoms with Crippen molar-refractivity contribution in [3.05, 3.63) is 40.1 Å². The van der Waals surface area contributed by atoms with Crippen molar-refractivity contribution in [2.45, 2.75) is 6.92 Å². The normalized spacial score (nSPS) is 10.2. The van der Waals surface area contributed by atoms with Gasteiger partial charge in [-0.1, -0.05) is 0 Å². The second kappa shape index (κ2) is 4.38. The van der Waals surface area contributed by atoms with Gasteiger partial charge < -0.3 is 9.84 Å². The van der Waals surface area contributed by atoms with Crippen LogP contribution in [0.2, 0.25) is 0 Å². The molecule has 6 nitrogen and oxygen atoms in total. The van der Waals surface area contributed by atoms with E-state index in [0.29, 0.717) is 5.75 Å². The lowest BCUT2D eigenvalue weighted by Gasteiger charge is -2.03. The van der Waals surface area contributed by atoms with E-state index in [-0.39, 0.29) is 15.9 Å². The van der Waals surface area contributed by atoms with Gasteiger partial charge in [0.05, 0.1) is 4.92 Å².